The van der Waals surface area contributed by atoms with Gasteiger partial charge in [0, 0.05) is 19.3 Å². The predicted octanol–water partition coefficient (Wildman–Crippen LogP) is 22.0. The summed E-state index contributed by atoms with van der Waals surface area (Å²) in [6, 6.07) is 0. The predicted molar refractivity (Wildman–Crippen MR) is 316 cm³/mol. The van der Waals surface area contributed by atoms with Crippen LogP contribution in [0.3, 0.4) is 0 Å². The third kappa shape index (κ3) is 60.4. The van der Waals surface area contributed by atoms with Crippen molar-refractivity contribution in [3.8, 4) is 0 Å². The second-order valence-corrected chi connectivity index (χ2v) is 22.0. The van der Waals surface area contributed by atoms with Gasteiger partial charge in [-0.05, 0) is 57.8 Å². The Balaban J connectivity index is 3.97. The molecular weight excluding hydrogens is 901 g/mol. The molecule has 1 atom stereocenters. The Bertz CT molecular complexity index is 1220. The van der Waals surface area contributed by atoms with Crippen molar-refractivity contribution < 1.29 is 28.6 Å². The molecule has 0 aromatic rings. The Morgan fingerprint density at radius 1 is 0.274 bits per heavy atom. The molecule has 0 radical (unpaired) electrons. The maximum Gasteiger partial charge on any atom is 0.306 e. The van der Waals surface area contributed by atoms with Gasteiger partial charge in [0.2, 0.25) is 0 Å². The highest BCUT2D eigenvalue weighted by molar-refractivity contribution is 5.71. The third-order valence-corrected chi connectivity index (χ3v) is 14.6. The summed E-state index contributed by atoms with van der Waals surface area (Å²) in [5.74, 6) is -0.882. The van der Waals surface area contributed by atoms with Crippen molar-refractivity contribution >= 4 is 17.9 Å². The van der Waals surface area contributed by atoms with Gasteiger partial charge in [-0.1, -0.05) is 314 Å². The van der Waals surface area contributed by atoms with Crippen molar-refractivity contribution in [2.75, 3.05) is 13.2 Å². The Morgan fingerprint density at radius 3 is 0.767 bits per heavy atom. The van der Waals surface area contributed by atoms with E-state index in [1.807, 2.05) is 0 Å². The average molecular weight is 1030 g/mol. The van der Waals surface area contributed by atoms with Crippen LogP contribution in [0.4, 0.5) is 0 Å². The molecule has 0 fully saturated rings. The van der Waals surface area contributed by atoms with E-state index in [1.54, 1.807) is 0 Å². The number of hydrogen-bond donors (Lipinski definition) is 0. The Hall–Kier alpha value is -2.37. The molecule has 0 amide bonds. The standard InChI is InChI=1S/C67H124O6/c1-4-7-10-13-15-17-19-21-23-25-27-29-30-31-32-33-34-35-36-38-39-41-43-45-47-49-51-54-57-60-66(69)72-63-64(62-71-65(68)59-56-53-12-9-6-3)73-67(70)61-58-55-52-50-48-46-44-42-40-37-28-26-24-22-20-18-16-14-11-8-5-2/h20,22,26,28,40,42,64H,4-19,21,23-25,27,29-39,41,43-63H2,1-3H3/b22-20-,28-26-,42-40-. The highest BCUT2D eigenvalue weighted by Crippen LogP contribution is 2.18. The summed E-state index contributed by atoms with van der Waals surface area (Å²) in [5.41, 5.74) is 0. The Morgan fingerprint density at radius 2 is 0.493 bits per heavy atom. The first-order valence-electron chi connectivity index (χ1n) is 32.5. The molecule has 73 heavy (non-hydrogen) atoms. The average Bonchev–Trinajstić information content (AvgIpc) is 3.39. The number of allylic oxidation sites excluding steroid dienone is 6. The highest BCUT2D eigenvalue weighted by atomic mass is 16.6. The van der Waals surface area contributed by atoms with Crippen molar-refractivity contribution in [3.63, 3.8) is 0 Å². The van der Waals surface area contributed by atoms with Crippen molar-refractivity contribution in [2.24, 2.45) is 0 Å². The van der Waals surface area contributed by atoms with Crippen molar-refractivity contribution in [3.05, 3.63) is 36.5 Å². The van der Waals surface area contributed by atoms with Crippen LogP contribution in [0, 0.1) is 0 Å². The number of esters is 3. The summed E-state index contributed by atoms with van der Waals surface area (Å²) in [5, 5.41) is 0. The van der Waals surface area contributed by atoms with E-state index in [0.717, 1.165) is 83.5 Å². The molecule has 0 spiro atoms. The zero-order valence-corrected chi connectivity index (χ0v) is 49.2. The number of carbonyl (C=O) groups is 3. The van der Waals surface area contributed by atoms with E-state index in [4.69, 9.17) is 14.2 Å². The molecule has 0 aliphatic rings. The Kier molecular flexibility index (Phi) is 60.2. The van der Waals surface area contributed by atoms with Crippen LogP contribution in [0.5, 0.6) is 0 Å². The fourth-order valence-corrected chi connectivity index (χ4v) is 9.75. The maximum absolute atomic E-state index is 12.8. The van der Waals surface area contributed by atoms with Gasteiger partial charge in [0.05, 0.1) is 0 Å². The smallest absolute Gasteiger partial charge is 0.306 e. The van der Waals surface area contributed by atoms with Crippen molar-refractivity contribution in [1.29, 1.82) is 0 Å². The molecule has 0 saturated carbocycles. The summed E-state index contributed by atoms with van der Waals surface area (Å²) >= 11 is 0. The van der Waals surface area contributed by atoms with E-state index < -0.39 is 6.10 Å². The first-order valence-corrected chi connectivity index (χ1v) is 32.5. The van der Waals surface area contributed by atoms with Gasteiger partial charge in [-0.25, -0.2) is 0 Å². The molecule has 0 rings (SSSR count). The van der Waals surface area contributed by atoms with Crippen LogP contribution in [0.2, 0.25) is 0 Å². The third-order valence-electron chi connectivity index (χ3n) is 14.6. The van der Waals surface area contributed by atoms with Crippen LogP contribution >= 0.6 is 0 Å². The SMILES string of the molecule is CCCCCCC/C=C\C/C=C\C/C=C\CCCCCCCCC(=O)OC(COC(=O)CCCCCCC)COC(=O)CCCCCCCCCCCCCCCCCCCCCCCCCCCCCCC. The number of hydrogen-bond acceptors (Lipinski definition) is 6. The van der Waals surface area contributed by atoms with Gasteiger partial charge in [0.25, 0.3) is 0 Å². The van der Waals surface area contributed by atoms with Crippen LogP contribution in [0.15, 0.2) is 36.5 Å². The lowest BCUT2D eigenvalue weighted by atomic mass is 10.0. The molecule has 6 heteroatoms. The van der Waals surface area contributed by atoms with Crippen LogP contribution in [-0.4, -0.2) is 37.2 Å². The van der Waals surface area contributed by atoms with E-state index in [-0.39, 0.29) is 31.1 Å². The zero-order valence-electron chi connectivity index (χ0n) is 49.2. The van der Waals surface area contributed by atoms with Gasteiger partial charge < -0.3 is 14.2 Å². The van der Waals surface area contributed by atoms with Gasteiger partial charge in [0.1, 0.15) is 13.2 Å². The van der Waals surface area contributed by atoms with Crippen LogP contribution < -0.4 is 0 Å². The van der Waals surface area contributed by atoms with Gasteiger partial charge in [-0.3, -0.25) is 14.4 Å². The first kappa shape index (κ1) is 70.6. The summed E-state index contributed by atoms with van der Waals surface area (Å²) in [6.07, 6.45) is 76.5. The van der Waals surface area contributed by atoms with Gasteiger partial charge in [-0.15, -0.1) is 0 Å². The minimum atomic E-state index is -0.774. The van der Waals surface area contributed by atoms with E-state index in [2.05, 4.69) is 57.2 Å². The quantitative estimate of drug-likeness (QED) is 0.0261. The van der Waals surface area contributed by atoms with E-state index in [9.17, 15) is 14.4 Å². The summed E-state index contributed by atoms with van der Waals surface area (Å²) in [4.78, 5) is 37.9. The molecular formula is C67H124O6. The van der Waals surface area contributed by atoms with E-state index in [1.165, 1.54) is 231 Å². The van der Waals surface area contributed by atoms with Crippen molar-refractivity contribution in [2.45, 2.75) is 361 Å². The van der Waals surface area contributed by atoms with Crippen LogP contribution in [0.1, 0.15) is 355 Å². The minimum Gasteiger partial charge on any atom is -0.462 e. The first-order chi connectivity index (χ1) is 36.0. The minimum absolute atomic E-state index is 0.0741. The zero-order chi connectivity index (χ0) is 52.9. The number of rotatable bonds is 60. The van der Waals surface area contributed by atoms with E-state index >= 15 is 0 Å². The van der Waals surface area contributed by atoms with Crippen LogP contribution in [0.25, 0.3) is 0 Å². The molecule has 0 bridgehead atoms. The Labute approximate surface area is 455 Å². The molecule has 0 saturated heterocycles. The lowest BCUT2D eigenvalue weighted by Crippen LogP contribution is -2.30. The number of carbonyl (C=O) groups excluding carboxylic acids is 3. The molecule has 0 N–H and O–H groups in total. The molecule has 6 nitrogen and oxygen atoms in total. The van der Waals surface area contributed by atoms with Gasteiger partial charge in [0.15, 0.2) is 6.10 Å². The summed E-state index contributed by atoms with van der Waals surface area (Å²) in [6.45, 7) is 6.59. The topological polar surface area (TPSA) is 78.9 Å². The van der Waals surface area contributed by atoms with Crippen molar-refractivity contribution in [1.82, 2.24) is 0 Å². The molecule has 428 valence electrons. The van der Waals surface area contributed by atoms with Crippen LogP contribution in [-0.2, 0) is 28.6 Å². The molecule has 0 aromatic carbocycles. The second kappa shape index (κ2) is 62.2. The second-order valence-electron chi connectivity index (χ2n) is 22.0. The number of unbranched alkanes of at least 4 members (excludes halogenated alkanes) is 43. The lowest BCUT2D eigenvalue weighted by molar-refractivity contribution is -0.167. The number of ether oxygens (including phenoxy) is 3. The molecule has 1 unspecified atom stereocenters. The molecule has 0 aromatic heterocycles. The van der Waals surface area contributed by atoms with Gasteiger partial charge >= 0.3 is 17.9 Å². The molecule has 0 aliphatic carbocycles. The summed E-state index contributed by atoms with van der Waals surface area (Å²) < 4.78 is 16.8. The maximum atomic E-state index is 12.8. The molecule has 0 heterocycles. The van der Waals surface area contributed by atoms with E-state index in [0.29, 0.717) is 19.3 Å². The normalized spacial score (nSPS) is 12.2. The fraction of sp³-hybridized carbons (Fsp3) is 0.866. The fourth-order valence-electron chi connectivity index (χ4n) is 9.75. The largest absolute Gasteiger partial charge is 0.462 e. The highest BCUT2D eigenvalue weighted by Gasteiger charge is 2.19. The molecule has 0 aliphatic heterocycles. The summed E-state index contributed by atoms with van der Waals surface area (Å²) in [7, 11) is 0. The monoisotopic (exact) mass is 1020 g/mol. The lowest BCUT2D eigenvalue weighted by Gasteiger charge is -2.18. The van der Waals surface area contributed by atoms with Gasteiger partial charge in [-0.2, -0.15) is 0 Å².